The molecule has 0 aliphatic carbocycles. The monoisotopic (exact) mass is 507 g/mol. The number of sulfone groups is 1. The van der Waals surface area contributed by atoms with Crippen LogP contribution in [0.1, 0.15) is 23.1 Å². The number of likely N-dealkylation sites (N-methyl/N-ethyl adjacent to an activating group) is 1. The lowest BCUT2D eigenvalue weighted by molar-refractivity contribution is -0.123. The van der Waals surface area contributed by atoms with Gasteiger partial charge < -0.3 is 9.80 Å². The highest BCUT2D eigenvalue weighted by Gasteiger charge is 2.42. The standard InChI is InChI=1S/C21H25N5O4S3/c1-13-15(10-17-20(28)26(21(31)32-17)14-4-9-33(29,30)12-14)18(24(3)19(27)16(13)11-22)25-7-5-23(2)6-8-25/h10,14H,4-9,12H2,1-3H3/b17-10-. The third-order valence-corrected chi connectivity index (χ3v) is 9.52. The Morgan fingerprint density at radius 3 is 2.42 bits per heavy atom. The highest BCUT2D eigenvalue weighted by atomic mass is 32.2. The fraction of sp³-hybridized carbons (Fsp3) is 0.524. The van der Waals surface area contributed by atoms with E-state index in [1.165, 1.54) is 9.47 Å². The number of piperazine rings is 1. The SMILES string of the molecule is Cc1c(/C=C2\SC(=S)N(C3CCS(=O)(=O)C3)C2=O)c(N2CCN(C)CC2)n(C)c(=O)c1C#N. The van der Waals surface area contributed by atoms with Crippen LogP contribution in [-0.4, -0.2) is 83.8 Å². The highest BCUT2D eigenvalue weighted by molar-refractivity contribution is 8.26. The fourth-order valence-corrected chi connectivity index (χ4v) is 7.60. The summed E-state index contributed by atoms with van der Waals surface area (Å²) in [7, 11) is 0.504. The van der Waals surface area contributed by atoms with Gasteiger partial charge in [-0.25, -0.2) is 8.42 Å². The van der Waals surface area contributed by atoms with E-state index < -0.39 is 15.9 Å². The van der Waals surface area contributed by atoms with Crippen molar-refractivity contribution < 1.29 is 13.2 Å². The van der Waals surface area contributed by atoms with Gasteiger partial charge in [0.2, 0.25) is 0 Å². The van der Waals surface area contributed by atoms with E-state index in [0.717, 1.165) is 24.9 Å². The van der Waals surface area contributed by atoms with Gasteiger partial charge in [0.05, 0.1) is 22.5 Å². The fourth-order valence-electron chi connectivity index (χ4n) is 4.52. The van der Waals surface area contributed by atoms with Crippen molar-refractivity contribution in [2.45, 2.75) is 19.4 Å². The van der Waals surface area contributed by atoms with Gasteiger partial charge in [0, 0.05) is 38.8 Å². The lowest BCUT2D eigenvalue weighted by atomic mass is 10.0. The van der Waals surface area contributed by atoms with Crippen LogP contribution in [0.2, 0.25) is 0 Å². The lowest BCUT2D eigenvalue weighted by Gasteiger charge is -2.36. The minimum Gasteiger partial charge on any atom is -0.355 e. The first-order valence-electron chi connectivity index (χ1n) is 10.6. The van der Waals surface area contributed by atoms with Crippen molar-refractivity contribution in [3.8, 4) is 6.07 Å². The normalized spacial score (nSPS) is 24.7. The smallest absolute Gasteiger partial charge is 0.270 e. The molecule has 1 atom stereocenters. The average Bonchev–Trinajstić information content (AvgIpc) is 3.25. The van der Waals surface area contributed by atoms with Gasteiger partial charge in [-0.2, -0.15) is 5.26 Å². The number of thiocarbonyl (C=S) groups is 1. The molecule has 12 heteroatoms. The number of rotatable bonds is 3. The van der Waals surface area contributed by atoms with Crippen LogP contribution in [0.5, 0.6) is 0 Å². The molecule has 4 heterocycles. The van der Waals surface area contributed by atoms with Crippen molar-refractivity contribution in [2.75, 3.05) is 49.6 Å². The molecule has 1 unspecified atom stereocenters. The van der Waals surface area contributed by atoms with Crippen LogP contribution >= 0.6 is 24.0 Å². The molecular weight excluding hydrogens is 482 g/mol. The Labute approximate surface area is 202 Å². The van der Waals surface area contributed by atoms with E-state index >= 15 is 0 Å². The zero-order chi connectivity index (χ0) is 24.1. The topological polar surface area (TPSA) is 107 Å². The van der Waals surface area contributed by atoms with Crippen LogP contribution in [0, 0.1) is 18.3 Å². The maximum atomic E-state index is 13.3. The molecule has 1 amide bonds. The van der Waals surface area contributed by atoms with E-state index in [-0.39, 0.29) is 28.5 Å². The first-order chi connectivity index (χ1) is 15.5. The number of aromatic nitrogens is 1. The third kappa shape index (κ3) is 4.35. The third-order valence-electron chi connectivity index (χ3n) is 6.44. The minimum atomic E-state index is -3.17. The van der Waals surface area contributed by atoms with E-state index in [0.29, 0.717) is 45.7 Å². The molecule has 0 spiro atoms. The van der Waals surface area contributed by atoms with Gasteiger partial charge in [0.25, 0.3) is 11.5 Å². The summed E-state index contributed by atoms with van der Waals surface area (Å²) in [5.41, 5.74) is 0.824. The zero-order valence-electron chi connectivity index (χ0n) is 18.7. The molecule has 33 heavy (non-hydrogen) atoms. The number of thioether (sulfide) groups is 1. The number of anilines is 1. The Hall–Kier alpha value is -2.20. The number of nitrogens with zero attached hydrogens (tertiary/aromatic N) is 5. The highest BCUT2D eigenvalue weighted by Crippen LogP contribution is 2.38. The number of amides is 1. The molecule has 0 aromatic carbocycles. The minimum absolute atomic E-state index is 0.0407. The molecule has 0 N–H and O–H groups in total. The largest absolute Gasteiger partial charge is 0.355 e. The Morgan fingerprint density at radius 1 is 1.18 bits per heavy atom. The number of carbonyl (C=O) groups excluding carboxylic acids is 1. The summed E-state index contributed by atoms with van der Waals surface area (Å²) in [5, 5.41) is 9.61. The molecule has 1 aromatic heterocycles. The van der Waals surface area contributed by atoms with Gasteiger partial charge in [-0.1, -0.05) is 24.0 Å². The van der Waals surface area contributed by atoms with Gasteiger partial charge in [0.15, 0.2) is 9.84 Å². The molecule has 9 nitrogen and oxygen atoms in total. The number of hydrogen-bond donors (Lipinski definition) is 0. The van der Waals surface area contributed by atoms with E-state index in [2.05, 4.69) is 9.80 Å². The van der Waals surface area contributed by atoms with Crippen molar-refractivity contribution in [3.05, 3.63) is 31.9 Å². The van der Waals surface area contributed by atoms with Crippen molar-refractivity contribution in [2.24, 2.45) is 7.05 Å². The van der Waals surface area contributed by atoms with E-state index in [4.69, 9.17) is 12.2 Å². The molecule has 176 valence electrons. The second kappa shape index (κ2) is 8.87. The Kier molecular flexibility index (Phi) is 6.43. The summed E-state index contributed by atoms with van der Waals surface area (Å²) < 4.78 is 25.7. The van der Waals surface area contributed by atoms with Crippen molar-refractivity contribution >= 4 is 55.9 Å². The first kappa shape index (κ1) is 23.9. The van der Waals surface area contributed by atoms with Gasteiger partial charge in [-0.05, 0) is 32.0 Å². The van der Waals surface area contributed by atoms with Crippen LogP contribution in [-0.2, 0) is 21.7 Å². The van der Waals surface area contributed by atoms with Crippen LogP contribution < -0.4 is 10.5 Å². The second-order valence-corrected chi connectivity index (χ2v) is 12.5. The molecule has 3 saturated heterocycles. The number of hydrogen-bond acceptors (Lipinski definition) is 9. The summed E-state index contributed by atoms with van der Waals surface area (Å²) >= 11 is 6.56. The van der Waals surface area contributed by atoms with Crippen molar-refractivity contribution in [1.82, 2.24) is 14.4 Å². The van der Waals surface area contributed by atoms with E-state index in [1.54, 1.807) is 20.0 Å². The molecule has 4 rings (SSSR count). The van der Waals surface area contributed by atoms with Crippen LogP contribution in [0.4, 0.5) is 5.82 Å². The lowest BCUT2D eigenvalue weighted by Crippen LogP contribution is -2.46. The number of nitriles is 1. The van der Waals surface area contributed by atoms with Gasteiger partial charge in [-0.3, -0.25) is 19.1 Å². The molecule has 1 aromatic rings. The van der Waals surface area contributed by atoms with Gasteiger partial charge in [-0.15, -0.1) is 0 Å². The summed E-state index contributed by atoms with van der Waals surface area (Å²) in [6.07, 6.45) is 2.07. The molecule has 3 fully saturated rings. The maximum Gasteiger partial charge on any atom is 0.270 e. The predicted octanol–water partition coefficient (Wildman–Crippen LogP) is 0.706. The van der Waals surface area contributed by atoms with Gasteiger partial charge in [0.1, 0.15) is 21.8 Å². The number of carbonyl (C=O) groups is 1. The summed E-state index contributed by atoms with van der Waals surface area (Å²) in [6, 6.07) is 1.55. The molecule has 0 saturated carbocycles. The quantitative estimate of drug-likeness (QED) is 0.432. The first-order valence-corrected chi connectivity index (χ1v) is 13.6. The number of pyridine rings is 1. The molecule has 3 aliphatic heterocycles. The van der Waals surface area contributed by atoms with E-state index in [9.17, 15) is 23.3 Å². The summed E-state index contributed by atoms with van der Waals surface area (Å²) in [5.74, 6) is 0.297. The van der Waals surface area contributed by atoms with Crippen LogP contribution in [0.15, 0.2) is 9.70 Å². The maximum absolute atomic E-state index is 13.3. The molecule has 0 radical (unpaired) electrons. The molecular formula is C21H25N5O4S3. The Morgan fingerprint density at radius 2 is 1.85 bits per heavy atom. The van der Waals surface area contributed by atoms with Crippen LogP contribution in [0.25, 0.3) is 6.08 Å². The van der Waals surface area contributed by atoms with Crippen molar-refractivity contribution in [3.63, 3.8) is 0 Å². The second-order valence-electron chi connectivity index (χ2n) is 8.61. The van der Waals surface area contributed by atoms with Crippen molar-refractivity contribution in [1.29, 1.82) is 5.26 Å². The summed E-state index contributed by atoms with van der Waals surface area (Å²) in [4.78, 5) is 32.2. The predicted molar refractivity (Wildman–Crippen MR) is 133 cm³/mol. The molecule has 0 bridgehead atoms. The Bertz CT molecular complexity index is 1270. The summed E-state index contributed by atoms with van der Waals surface area (Å²) in [6.45, 7) is 4.78. The zero-order valence-corrected chi connectivity index (χ0v) is 21.1. The molecule has 3 aliphatic rings. The average molecular weight is 508 g/mol. The van der Waals surface area contributed by atoms with E-state index in [1.807, 2.05) is 13.1 Å². The van der Waals surface area contributed by atoms with Gasteiger partial charge >= 0.3 is 0 Å². The van der Waals surface area contributed by atoms with Crippen LogP contribution in [0.3, 0.4) is 0 Å². The Balaban J connectivity index is 1.79.